The van der Waals surface area contributed by atoms with Crippen LogP contribution in [-0.4, -0.2) is 6.26 Å². The Balaban J connectivity index is 2.76. The molecule has 6 heteroatoms. The van der Waals surface area contributed by atoms with Crippen LogP contribution in [0.1, 0.15) is 0 Å². The molecule has 0 radical (unpaired) electrons. The summed E-state index contributed by atoms with van der Waals surface area (Å²) < 4.78 is 15.6. The molecule has 0 amide bonds. The van der Waals surface area contributed by atoms with Gasteiger partial charge in [-0.15, -0.1) is 11.8 Å². The van der Waals surface area contributed by atoms with E-state index in [0.29, 0.717) is 5.75 Å². The van der Waals surface area contributed by atoms with Gasteiger partial charge in [0.2, 0.25) is 0 Å². The molecular formula is C7H7Cl2O2PS. The fourth-order valence-electron chi connectivity index (χ4n) is 0.759. The summed E-state index contributed by atoms with van der Waals surface area (Å²) in [6, 6.07) is 7.01. The van der Waals surface area contributed by atoms with Crippen molar-refractivity contribution in [1.82, 2.24) is 0 Å². The zero-order valence-electron chi connectivity index (χ0n) is 6.74. The van der Waals surface area contributed by atoms with Gasteiger partial charge >= 0.3 is 6.07 Å². The smallest absolute Gasteiger partial charge is 0.422 e. The first kappa shape index (κ1) is 11.3. The quantitative estimate of drug-likeness (QED) is 0.594. The van der Waals surface area contributed by atoms with E-state index in [0.717, 1.165) is 4.90 Å². The molecule has 13 heavy (non-hydrogen) atoms. The van der Waals surface area contributed by atoms with E-state index >= 15 is 0 Å². The molecule has 0 aliphatic rings. The fraction of sp³-hybridized carbons (Fsp3) is 0.143. The Kier molecular flexibility index (Phi) is 3.99. The zero-order valence-corrected chi connectivity index (χ0v) is 9.96. The third kappa shape index (κ3) is 4.28. The Morgan fingerprint density at radius 3 is 2.23 bits per heavy atom. The predicted octanol–water partition coefficient (Wildman–Crippen LogP) is 4.37. The van der Waals surface area contributed by atoms with Gasteiger partial charge in [0.1, 0.15) is 5.75 Å². The van der Waals surface area contributed by atoms with Crippen LogP contribution >= 0.6 is 40.3 Å². The van der Waals surface area contributed by atoms with Crippen LogP contribution in [0, 0.1) is 0 Å². The van der Waals surface area contributed by atoms with Crippen molar-refractivity contribution in [3.05, 3.63) is 24.3 Å². The van der Waals surface area contributed by atoms with Crippen LogP contribution in [-0.2, 0) is 4.57 Å². The molecular weight excluding hydrogens is 250 g/mol. The summed E-state index contributed by atoms with van der Waals surface area (Å²) >= 11 is 12.1. The molecule has 0 fully saturated rings. The Morgan fingerprint density at radius 2 is 1.85 bits per heavy atom. The highest BCUT2D eigenvalue weighted by molar-refractivity contribution is 8.05. The molecule has 0 saturated carbocycles. The summed E-state index contributed by atoms with van der Waals surface area (Å²) in [5.41, 5.74) is 0. The van der Waals surface area contributed by atoms with Gasteiger partial charge in [0.05, 0.1) is 0 Å². The normalized spacial score (nSPS) is 11.3. The van der Waals surface area contributed by atoms with Gasteiger partial charge in [-0.05, 0) is 30.5 Å². The number of hydrogen-bond acceptors (Lipinski definition) is 3. The molecule has 0 aromatic heterocycles. The minimum absolute atomic E-state index is 0.408. The van der Waals surface area contributed by atoms with Crippen LogP contribution in [0.3, 0.4) is 0 Å². The highest BCUT2D eigenvalue weighted by atomic mass is 35.9. The predicted molar refractivity (Wildman–Crippen MR) is 58.2 cm³/mol. The first-order valence-corrected chi connectivity index (χ1v) is 8.00. The van der Waals surface area contributed by atoms with Crippen molar-refractivity contribution >= 4 is 40.3 Å². The zero-order chi connectivity index (χ0) is 9.90. The average molecular weight is 257 g/mol. The molecule has 0 atom stereocenters. The monoisotopic (exact) mass is 256 g/mol. The van der Waals surface area contributed by atoms with Crippen molar-refractivity contribution in [2.75, 3.05) is 6.26 Å². The highest BCUT2D eigenvalue weighted by Gasteiger charge is 2.15. The molecule has 0 aliphatic carbocycles. The Labute approximate surface area is 90.6 Å². The van der Waals surface area contributed by atoms with Gasteiger partial charge in [-0.25, -0.2) is 4.57 Å². The summed E-state index contributed by atoms with van der Waals surface area (Å²) in [5, 5.41) is 0. The van der Waals surface area contributed by atoms with Gasteiger partial charge in [0.25, 0.3) is 0 Å². The molecule has 1 aromatic carbocycles. The van der Waals surface area contributed by atoms with E-state index in [4.69, 9.17) is 27.0 Å². The van der Waals surface area contributed by atoms with Gasteiger partial charge in [0.15, 0.2) is 0 Å². The lowest BCUT2D eigenvalue weighted by Crippen LogP contribution is -1.80. The van der Waals surface area contributed by atoms with Gasteiger partial charge in [-0.1, -0.05) is 0 Å². The Morgan fingerprint density at radius 1 is 1.31 bits per heavy atom. The molecule has 0 N–H and O–H groups in total. The van der Waals surface area contributed by atoms with Crippen molar-refractivity contribution < 1.29 is 9.09 Å². The van der Waals surface area contributed by atoms with Crippen molar-refractivity contribution in [3.63, 3.8) is 0 Å². The van der Waals surface area contributed by atoms with Gasteiger partial charge in [-0.2, -0.15) is 0 Å². The van der Waals surface area contributed by atoms with Crippen LogP contribution in [0.5, 0.6) is 5.75 Å². The lowest BCUT2D eigenvalue weighted by Gasteiger charge is -2.05. The minimum atomic E-state index is -3.47. The van der Waals surface area contributed by atoms with E-state index < -0.39 is 6.07 Å². The Bertz CT molecular complexity index is 322. The van der Waals surface area contributed by atoms with E-state index in [1.807, 2.05) is 18.4 Å². The van der Waals surface area contributed by atoms with Crippen molar-refractivity contribution in [1.29, 1.82) is 0 Å². The third-order valence-electron chi connectivity index (χ3n) is 1.27. The van der Waals surface area contributed by atoms with E-state index in [-0.39, 0.29) is 0 Å². The van der Waals surface area contributed by atoms with Crippen LogP contribution in [0.15, 0.2) is 29.2 Å². The number of rotatable bonds is 3. The van der Waals surface area contributed by atoms with Crippen molar-refractivity contribution in [2.45, 2.75) is 4.90 Å². The lowest BCUT2D eigenvalue weighted by molar-refractivity contribution is 0.513. The fourth-order valence-corrected chi connectivity index (χ4v) is 2.01. The molecule has 2 nitrogen and oxygen atoms in total. The number of hydrogen-bond donors (Lipinski definition) is 0. The second-order valence-corrected chi connectivity index (χ2v) is 7.26. The van der Waals surface area contributed by atoms with Crippen LogP contribution < -0.4 is 4.52 Å². The third-order valence-corrected chi connectivity index (χ3v) is 2.85. The summed E-state index contributed by atoms with van der Waals surface area (Å²) in [5.74, 6) is 0.408. The summed E-state index contributed by atoms with van der Waals surface area (Å²) in [6.07, 6.45) is -1.51. The lowest BCUT2D eigenvalue weighted by atomic mass is 10.3. The molecule has 0 unspecified atom stereocenters. The number of thioether (sulfide) groups is 1. The first-order chi connectivity index (χ1) is 6.01. The summed E-state index contributed by atoms with van der Waals surface area (Å²) in [4.78, 5) is 1.09. The SMILES string of the molecule is CSc1ccc(OP(=O)(Cl)Cl)cc1. The molecule has 0 heterocycles. The van der Waals surface area contributed by atoms with E-state index in [1.165, 1.54) is 0 Å². The van der Waals surface area contributed by atoms with Gasteiger partial charge in [-0.3, -0.25) is 0 Å². The molecule has 1 rings (SSSR count). The van der Waals surface area contributed by atoms with Crippen molar-refractivity contribution in [2.24, 2.45) is 0 Å². The Hall–Kier alpha value is 0.180. The molecule has 0 aliphatic heterocycles. The first-order valence-electron chi connectivity index (χ1n) is 3.34. The molecule has 0 spiro atoms. The molecule has 72 valence electrons. The molecule has 0 bridgehead atoms. The van der Waals surface area contributed by atoms with E-state index in [9.17, 15) is 4.57 Å². The van der Waals surface area contributed by atoms with Crippen LogP contribution in [0.2, 0.25) is 0 Å². The maximum Gasteiger partial charge on any atom is 0.428 e. The summed E-state index contributed by atoms with van der Waals surface area (Å²) in [6.45, 7) is 0. The number of halogens is 2. The van der Waals surface area contributed by atoms with E-state index in [2.05, 4.69) is 0 Å². The number of benzene rings is 1. The van der Waals surface area contributed by atoms with E-state index in [1.54, 1.807) is 23.9 Å². The maximum absolute atomic E-state index is 10.8. The second kappa shape index (κ2) is 4.61. The minimum Gasteiger partial charge on any atom is -0.422 e. The average Bonchev–Trinajstić information content (AvgIpc) is 2.03. The maximum atomic E-state index is 10.8. The topological polar surface area (TPSA) is 26.3 Å². The van der Waals surface area contributed by atoms with Crippen LogP contribution in [0.4, 0.5) is 0 Å². The summed E-state index contributed by atoms with van der Waals surface area (Å²) in [7, 11) is 0. The highest BCUT2D eigenvalue weighted by Crippen LogP contribution is 2.57. The van der Waals surface area contributed by atoms with Crippen LogP contribution in [0.25, 0.3) is 0 Å². The molecule has 0 saturated heterocycles. The van der Waals surface area contributed by atoms with Gasteiger partial charge < -0.3 is 4.52 Å². The molecule has 1 aromatic rings. The largest absolute Gasteiger partial charge is 0.428 e. The van der Waals surface area contributed by atoms with Gasteiger partial charge in [0, 0.05) is 27.4 Å². The van der Waals surface area contributed by atoms with Crippen molar-refractivity contribution in [3.8, 4) is 5.75 Å². The second-order valence-electron chi connectivity index (χ2n) is 2.18. The standard InChI is InChI=1S/C7H7Cl2O2PS/c1-13-7-4-2-6(3-5-7)11-12(8,9)10/h2-5H,1H3.